The first kappa shape index (κ1) is 16.0. The number of nitrogens with one attached hydrogen (secondary N) is 1. The van der Waals surface area contributed by atoms with Gasteiger partial charge in [0.15, 0.2) is 0 Å². The second-order valence-corrected chi connectivity index (χ2v) is 4.71. The third kappa shape index (κ3) is 4.57. The van der Waals surface area contributed by atoms with Crippen LogP contribution in [0, 0.1) is 0 Å². The van der Waals surface area contributed by atoms with E-state index in [9.17, 15) is 9.59 Å². The van der Waals surface area contributed by atoms with Gasteiger partial charge in [0.25, 0.3) is 0 Å². The van der Waals surface area contributed by atoms with Crippen molar-refractivity contribution in [3.63, 3.8) is 0 Å². The van der Waals surface area contributed by atoms with Crippen LogP contribution in [-0.2, 0) is 9.59 Å². The molecule has 0 aliphatic carbocycles. The summed E-state index contributed by atoms with van der Waals surface area (Å²) >= 11 is 0. The van der Waals surface area contributed by atoms with Gasteiger partial charge >= 0.3 is 5.97 Å². The average Bonchev–Trinajstić information content (AvgIpc) is 2.44. The third-order valence-electron chi connectivity index (χ3n) is 3.26. The molecule has 0 aliphatic rings. The lowest BCUT2D eigenvalue weighted by Gasteiger charge is -2.17. The highest BCUT2D eigenvalue weighted by Crippen LogP contribution is 2.25. The molecule has 1 aromatic rings. The minimum absolute atomic E-state index is 0.0712. The lowest BCUT2D eigenvalue weighted by Crippen LogP contribution is -2.38. The smallest absolute Gasteiger partial charge is 0.325 e. The highest BCUT2D eigenvalue weighted by atomic mass is 16.5. The van der Waals surface area contributed by atoms with E-state index in [4.69, 9.17) is 9.84 Å². The van der Waals surface area contributed by atoms with Crippen LogP contribution in [0.2, 0.25) is 0 Å². The molecular formula is C15H21NO4. The van der Waals surface area contributed by atoms with Crippen LogP contribution in [0.15, 0.2) is 24.3 Å². The van der Waals surface area contributed by atoms with Gasteiger partial charge in [-0.3, -0.25) is 9.59 Å². The summed E-state index contributed by atoms with van der Waals surface area (Å²) in [7, 11) is 1.60. The number of carboxylic acid groups (broad SMARTS) is 1. The minimum atomic E-state index is -1.03. The summed E-state index contributed by atoms with van der Waals surface area (Å²) in [5, 5.41) is 11.2. The fourth-order valence-electron chi connectivity index (χ4n) is 1.96. The molecular weight excluding hydrogens is 258 g/mol. The van der Waals surface area contributed by atoms with Gasteiger partial charge in [0.2, 0.25) is 5.91 Å². The van der Waals surface area contributed by atoms with Crippen LogP contribution in [0.25, 0.3) is 0 Å². The number of amides is 1. The molecule has 1 aromatic carbocycles. The number of hydrogen-bond donors (Lipinski definition) is 2. The first-order valence-corrected chi connectivity index (χ1v) is 6.64. The summed E-state index contributed by atoms with van der Waals surface area (Å²) in [4.78, 5) is 22.5. The Morgan fingerprint density at radius 3 is 2.35 bits per heavy atom. The molecule has 0 saturated carbocycles. The molecule has 0 fully saturated rings. The van der Waals surface area contributed by atoms with Gasteiger partial charge in [0.05, 0.1) is 7.11 Å². The molecule has 110 valence electrons. The van der Waals surface area contributed by atoms with Crippen molar-refractivity contribution in [2.45, 2.75) is 38.6 Å². The highest BCUT2D eigenvalue weighted by molar-refractivity contribution is 5.83. The summed E-state index contributed by atoms with van der Waals surface area (Å²) in [5.41, 5.74) is 1.05. The zero-order valence-electron chi connectivity index (χ0n) is 12.1. The van der Waals surface area contributed by atoms with Crippen molar-refractivity contribution in [2.24, 2.45) is 0 Å². The predicted octanol–water partition coefficient (Wildman–Crippen LogP) is 2.17. The van der Waals surface area contributed by atoms with Crippen molar-refractivity contribution in [1.82, 2.24) is 5.32 Å². The van der Waals surface area contributed by atoms with Gasteiger partial charge in [-0.1, -0.05) is 19.1 Å². The van der Waals surface area contributed by atoms with Crippen molar-refractivity contribution in [1.29, 1.82) is 0 Å². The lowest BCUT2D eigenvalue weighted by molar-refractivity contribution is -0.141. The predicted molar refractivity (Wildman–Crippen MR) is 75.9 cm³/mol. The molecule has 20 heavy (non-hydrogen) atoms. The topological polar surface area (TPSA) is 75.6 Å². The molecule has 0 aliphatic heterocycles. The zero-order chi connectivity index (χ0) is 15.1. The first-order valence-electron chi connectivity index (χ1n) is 6.64. The second-order valence-electron chi connectivity index (χ2n) is 4.71. The summed E-state index contributed by atoms with van der Waals surface area (Å²) in [5.74, 6) is -0.437. The molecule has 0 aromatic heterocycles. The van der Waals surface area contributed by atoms with E-state index in [1.165, 1.54) is 6.92 Å². The number of ether oxygens (including phenoxy) is 1. The molecule has 0 heterocycles. The zero-order valence-corrected chi connectivity index (χ0v) is 12.1. The Morgan fingerprint density at radius 1 is 1.30 bits per heavy atom. The lowest BCUT2D eigenvalue weighted by atomic mass is 9.93. The quantitative estimate of drug-likeness (QED) is 0.802. The van der Waals surface area contributed by atoms with Crippen LogP contribution in [0.4, 0.5) is 0 Å². The van der Waals surface area contributed by atoms with E-state index in [0.29, 0.717) is 0 Å². The number of hydrogen-bond acceptors (Lipinski definition) is 3. The monoisotopic (exact) mass is 279 g/mol. The largest absolute Gasteiger partial charge is 0.497 e. The standard InChI is InChI=1S/C15H21NO4/c1-4-11(9-14(17)16-10(2)15(18)19)12-5-7-13(20-3)8-6-12/h5-8,10-11H,4,9H2,1-3H3,(H,16,17)(H,18,19)/t10-,11?/m1/s1. The van der Waals surface area contributed by atoms with E-state index in [1.54, 1.807) is 7.11 Å². The van der Waals surface area contributed by atoms with Crippen LogP contribution in [0.5, 0.6) is 5.75 Å². The van der Waals surface area contributed by atoms with Crippen LogP contribution in [0.3, 0.4) is 0 Å². The number of methoxy groups -OCH3 is 1. The van der Waals surface area contributed by atoms with Crippen molar-refractivity contribution in [2.75, 3.05) is 7.11 Å². The summed E-state index contributed by atoms with van der Waals surface area (Å²) in [6.07, 6.45) is 1.08. The normalized spacial score (nSPS) is 13.3. The maximum Gasteiger partial charge on any atom is 0.325 e. The Kier molecular flexibility index (Phi) is 6.03. The van der Waals surface area contributed by atoms with E-state index < -0.39 is 12.0 Å². The SMILES string of the molecule is CCC(CC(=O)N[C@H](C)C(=O)O)c1ccc(OC)cc1. The molecule has 0 saturated heterocycles. The number of carbonyl (C=O) groups excluding carboxylic acids is 1. The van der Waals surface area contributed by atoms with Crippen molar-refractivity contribution < 1.29 is 19.4 Å². The van der Waals surface area contributed by atoms with E-state index in [-0.39, 0.29) is 18.2 Å². The second kappa shape index (κ2) is 7.53. The van der Waals surface area contributed by atoms with Crippen LogP contribution >= 0.6 is 0 Å². The summed E-state index contributed by atoms with van der Waals surface area (Å²) in [6, 6.07) is 6.71. The van der Waals surface area contributed by atoms with E-state index in [0.717, 1.165) is 17.7 Å². The molecule has 1 amide bonds. The molecule has 0 bridgehead atoms. The van der Waals surface area contributed by atoms with E-state index in [2.05, 4.69) is 5.32 Å². The molecule has 5 heteroatoms. The van der Waals surface area contributed by atoms with Gasteiger partial charge in [-0.2, -0.15) is 0 Å². The van der Waals surface area contributed by atoms with Gasteiger partial charge in [0, 0.05) is 6.42 Å². The molecule has 1 unspecified atom stereocenters. The number of benzene rings is 1. The highest BCUT2D eigenvalue weighted by Gasteiger charge is 2.18. The summed E-state index contributed by atoms with van der Waals surface area (Å²) in [6.45, 7) is 3.46. The third-order valence-corrected chi connectivity index (χ3v) is 3.26. The van der Waals surface area contributed by atoms with Crippen molar-refractivity contribution in [3.8, 4) is 5.75 Å². The Labute approximate surface area is 118 Å². The maximum atomic E-state index is 11.8. The molecule has 5 nitrogen and oxygen atoms in total. The Balaban J connectivity index is 2.66. The van der Waals surface area contributed by atoms with Gasteiger partial charge < -0.3 is 15.2 Å². The van der Waals surface area contributed by atoms with Gasteiger partial charge in [-0.05, 0) is 37.0 Å². The Morgan fingerprint density at radius 2 is 1.90 bits per heavy atom. The van der Waals surface area contributed by atoms with Crippen molar-refractivity contribution in [3.05, 3.63) is 29.8 Å². The average molecular weight is 279 g/mol. The number of aliphatic carboxylic acids is 1. The molecule has 0 radical (unpaired) electrons. The number of carboxylic acids is 1. The minimum Gasteiger partial charge on any atom is -0.497 e. The molecule has 0 spiro atoms. The first-order chi connectivity index (χ1) is 9.47. The summed E-state index contributed by atoms with van der Waals surface area (Å²) < 4.78 is 5.10. The van der Waals surface area contributed by atoms with Crippen LogP contribution in [0.1, 0.15) is 38.2 Å². The Hall–Kier alpha value is -2.04. The number of carbonyl (C=O) groups is 2. The molecule has 2 atom stereocenters. The van der Waals surface area contributed by atoms with E-state index >= 15 is 0 Å². The number of rotatable bonds is 7. The maximum absolute atomic E-state index is 11.8. The fraction of sp³-hybridized carbons (Fsp3) is 0.467. The van der Waals surface area contributed by atoms with E-state index in [1.807, 2.05) is 31.2 Å². The van der Waals surface area contributed by atoms with Crippen molar-refractivity contribution >= 4 is 11.9 Å². The molecule has 1 rings (SSSR count). The van der Waals surface area contributed by atoms with Gasteiger partial charge in [-0.25, -0.2) is 0 Å². The van der Waals surface area contributed by atoms with Gasteiger partial charge in [-0.15, -0.1) is 0 Å². The van der Waals surface area contributed by atoms with Crippen LogP contribution < -0.4 is 10.1 Å². The van der Waals surface area contributed by atoms with Gasteiger partial charge in [0.1, 0.15) is 11.8 Å². The van der Waals surface area contributed by atoms with Crippen LogP contribution in [-0.4, -0.2) is 30.1 Å². The Bertz CT molecular complexity index is 455. The fourth-order valence-corrected chi connectivity index (χ4v) is 1.96. The molecule has 2 N–H and O–H groups in total.